The Bertz CT molecular complexity index is 768. The molecule has 1 heterocycles. The standard InChI is InChI=1S/C18H18N2O3/c1-11-4-3-5-15(12(11)2)19-16-10-17(22)20(18(16)23)13-6-8-14(21)9-7-13/h3-9,16,19,21H,10H2,1-2H3. The van der Waals surface area contributed by atoms with E-state index in [1.54, 1.807) is 12.1 Å². The van der Waals surface area contributed by atoms with E-state index in [0.717, 1.165) is 16.8 Å². The Hall–Kier alpha value is -2.82. The summed E-state index contributed by atoms with van der Waals surface area (Å²) in [6.45, 7) is 3.99. The molecule has 2 amide bonds. The highest BCUT2D eigenvalue weighted by atomic mass is 16.3. The average molecular weight is 310 g/mol. The molecule has 1 saturated heterocycles. The molecule has 0 radical (unpaired) electrons. The molecule has 0 aliphatic carbocycles. The van der Waals surface area contributed by atoms with Crippen molar-refractivity contribution in [1.29, 1.82) is 0 Å². The lowest BCUT2D eigenvalue weighted by Crippen LogP contribution is -2.34. The normalized spacial score (nSPS) is 17.7. The minimum atomic E-state index is -0.572. The SMILES string of the molecule is Cc1cccc(NC2CC(=O)N(c3ccc(O)cc3)C2=O)c1C. The van der Waals surface area contributed by atoms with Crippen LogP contribution < -0.4 is 10.2 Å². The lowest BCUT2D eigenvalue weighted by Gasteiger charge is -2.17. The number of aromatic hydroxyl groups is 1. The molecular weight excluding hydrogens is 292 g/mol. The summed E-state index contributed by atoms with van der Waals surface area (Å²) in [7, 11) is 0. The van der Waals surface area contributed by atoms with Crippen LogP contribution in [0.4, 0.5) is 11.4 Å². The minimum absolute atomic E-state index is 0.0953. The van der Waals surface area contributed by atoms with Crippen LogP contribution in [0.3, 0.4) is 0 Å². The lowest BCUT2D eigenvalue weighted by atomic mass is 10.1. The maximum atomic E-state index is 12.6. The number of nitrogens with zero attached hydrogens (tertiary/aromatic N) is 1. The smallest absolute Gasteiger partial charge is 0.256 e. The van der Waals surface area contributed by atoms with Gasteiger partial charge in [0.2, 0.25) is 5.91 Å². The van der Waals surface area contributed by atoms with Gasteiger partial charge < -0.3 is 10.4 Å². The number of phenolic OH excluding ortho intramolecular Hbond substituents is 1. The second-order valence-electron chi connectivity index (χ2n) is 5.73. The van der Waals surface area contributed by atoms with Gasteiger partial charge in [-0.05, 0) is 55.3 Å². The van der Waals surface area contributed by atoms with Crippen LogP contribution in [0.1, 0.15) is 17.5 Å². The minimum Gasteiger partial charge on any atom is -0.508 e. The lowest BCUT2D eigenvalue weighted by molar-refractivity contribution is -0.121. The first kappa shape index (κ1) is 15.1. The second-order valence-corrected chi connectivity index (χ2v) is 5.73. The topological polar surface area (TPSA) is 69.6 Å². The van der Waals surface area contributed by atoms with Crippen molar-refractivity contribution in [2.45, 2.75) is 26.3 Å². The molecular formula is C18H18N2O3. The summed E-state index contributed by atoms with van der Waals surface area (Å²) in [6, 6.07) is 11.3. The number of phenols is 1. The van der Waals surface area contributed by atoms with E-state index in [9.17, 15) is 14.7 Å². The third-order valence-electron chi connectivity index (χ3n) is 4.19. The first-order valence-electron chi connectivity index (χ1n) is 7.46. The molecule has 0 bridgehead atoms. The van der Waals surface area contributed by atoms with Gasteiger partial charge in [0.05, 0.1) is 12.1 Å². The second kappa shape index (κ2) is 5.76. The van der Waals surface area contributed by atoms with Crippen LogP contribution in [0.25, 0.3) is 0 Å². The van der Waals surface area contributed by atoms with Gasteiger partial charge in [-0.15, -0.1) is 0 Å². The van der Waals surface area contributed by atoms with Gasteiger partial charge in [0, 0.05) is 5.69 Å². The molecule has 23 heavy (non-hydrogen) atoms. The van der Waals surface area contributed by atoms with Crippen molar-refractivity contribution in [2.75, 3.05) is 10.2 Å². The van der Waals surface area contributed by atoms with Crippen molar-refractivity contribution in [3.8, 4) is 5.75 Å². The van der Waals surface area contributed by atoms with Crippen LogP contribution in [-0.2, 0) is 9.59 Å². The van der Waals surface area contributed by atoms with E-state index in [2.05, 4.69) is 5.32 Å². The van der Waals surface area contributed by atoms with Crippen molar-refractivity contribution in [3.63, 3.8) is 0 Å². The summed E-state index contributed by atoms with van der Waals surface area (Å²) in [4.78, 5) is 26.0. The van der Waals surface area contributed by atoms with E-state index in [1.807, 2.05) is 32.0 Å². The zero-order chi connectivity index (χ0) is 16.6. The monoisotopic (exact) mass is 310 g/mol. The largest absolute Gasteiger partial charge is 0.508 e. The predicted molar refractivity (Wildman–Crippen MR) is 88.5 cm³/mol. The van der Waals surface area contributed by atoms with Gasteiger partial charge in [0.25, 0.3) is 5.91 Å². The molecule has 1 atom stereocenters. The maximum absolute atomic E-state index is 12.6. The van der Waals surface area contributed by atoms with Crippen molar-refractivity contribution in [1.82, 2.24) is 0 Å². The van der Waals surface area contributed by atoms with Gasteiger partial charge in [0.1, 0.15) is 11.8 Å². The molecule has 2 aromatic carbocycles. The maximum Gasteiger partial charge on any atom is 0.256 e. The van der Waals surface area contributed by atoms with Crippen LogP contribution in [-0.4, -0.2) is 23.0 Å². The fourth-order valence-electron chi connectivity index (χ4n) is 2.71. The molecule has 2 aromatic rings. The highest BCUT2D eigenvalue weighted by Gasteiger charge is 2.39. The van der Waals surface area contributed by atoms with Crippen molar-refractivity contribution >= 4 is 23.2 Å². The molecule has 0 aromatic heterocycles. The van der Waals surface area contributed by atoms with Crippen LogP contribution in [0.2, 0.25) is 0 Å². The average Bonchev–Trinajstić information content (AvgIpc) is 2.79. The summed E-state index contributed by atoms with van der Waals surface area (Å²) in [5.41, 5.74) is 3.53. The quantitative estimate of drug-likeness (QED) is 0.855. The van der Waals surface area contributed by atoms with E-state index in [0.29, 0.717) is 5.69 Å². The van der Waals surface area contributed by atoms with Crippen LogP contribution >= 0.6 is 0 Å². The Balaban J connectivity index is 1.84. The van der Waals surface area contributed by atoms with Gasteiger partial charge in [-0.25, -0.2) is 4.90 Å². The summed E-state index contributed by atoms with van der Waals surface area (Å²) in [5, 5.41) is 12.5. The Morgan fingerprint density at radius 2 is 1.78 bits per heavy atom. The molecule has 0 spiro atoms. The highest BCUT2D eigenvalue weighted by molar-refractivity contribution is 6.23. The number of aryl methyl sites for hydroxylation is 1. The van der Waals surface area contributed by atoms with Crippen molar-refractivity contribution in [2.24, 2.45) is 0 Å². The number of carbonyl (C=O) groups excluding carboxylic acids is 2. The summed E-state index contributed by atoms with van der Waals surface area (Å²) in [5.74, 6) is -0.428. The van der Waals surface area contributed by atoms with Crippen LogP contribution in [0.5, 0.6) is 5.75 Å². The van der Waals surface area contributed by atoms with E-state index < -0.39 is 6.04 Å². The molecule has 5 heteroatoms. The van der Waals surface area contributed by atoms with Gasteiger partial charge in [-0.1, -0.05) is 12.1 Å². The molecule has 1 fully saturated rings. The zero-order valence-corrected chi connectivity index (χ0v) is 13.0. The first-order valence-corrected chi connectivity index (χ1v) is 7.46. The molecule has 2 N–H and O–H groups in total. The molecule has 1 aliphatic rings. The highest BCUT2D eigenvalue weighted by Crippen LogP contribution is 2.27. The number of rotatable bonds is 3. The third-order valence-corrected chi connectivity index (χ3v) is 4.19. The van der Waals surface area contributed by atoms with E-state index in [1.165, 1.54) is 17.0 Å². The third kappa shape index (κ3) is 2.77. The van der Waals surface area contributed by atoms with Gasteiger partial charge >= 0.3 is 0 Å². The fraction of sp³-hybridized carbons (Fsp3) is 0.222. The summed E-state index contributed by atoms with van der Waals surface area (Å²) < 4.78 is 0. The Morgan fingerprint density at radius 1 is 1.09 bits per heavy atom. The molecule has 5 nitrogen and oxygen atoms in total. The zero-order valence-electron chi connectivity index (χ0n) is 13.0. The number of hydrogen-bond donors (Lipinski definition) is 2. The van der Waals surface area contributed by atoms with E-state index in [4.69, 9.17) is 0 Å². The van der Waals surface area contributed by atoms with Crippen LogP contribution in [0, 0.1) is 13.8 Å². The molecule has 1 unspecified atom stereocenters. The Morgan fingerprint density at radius 3 is 2.48 bits per heavy atom. The van der Waals surface area contributed by atoms with Gasteiger partial charge in [0.15, 0.2) is 0 Å². The number of benzene rings is 2. The van der Waals surface area contributed by atoms with Crippen LogP contribution in [0.15, 0.2) is 42.5 Å². The van der Waals surface area contributed by atoms with Crippen molar-refractivity contribution < 1.29 is 14.7 Å². The molecule has 118 valence electrons. The van der Waals surface area contributed by atoms with Crippen molar-refractivity contribution in [3.05, 3.63) is 53.6 Å². The fourth-order valence-corrected chi connectivity index (χ4v) is 2.71. The first-order chi connectivity index (χ1) is 11.0. The summed E-state index contributed by atoms with van der Waals surface area (Å²) >= 11 is 0. The molecule has 3 rings (SSSR count). The van der Waals surface area contributed by atoms with Gasteiger partial charge in [-0.2, -0.15) is 0 Å². The number of hydrogen-bond acceptors (Lipinski definition) is 4. The summed E-state index contributed by atoms with van der Waals surface area (Å²) in [6.07, 6.45) is 0.118. The Kier molecular flexibility index (Phi) is 3.78. The predicted octanol–water partition coefficient (Wildman–Crippen LogP) is 2.75. The number of imide groups is 1. The Labute approximate surface area is 134 Å². The molecule has 0 saturated carbocycles. The number of anilines is 2. The number of carbonyl (C=O) groups is 2. The van der Waals surface area contributed by atoms with E-state index in [-0.39, 0.29) is 24.0 Å². The number of amides is 2. The van der Waals surface area contributed by atoms with Gasteiger partial charge in [-0.3, -0.25) is 9.59 Å². The molecule has 1 aliphatic heterocycles. The number of nitrogens with one attached hydrogen (secondary N) is 1. The van der Waals surface area contributed by atoms with E-state index >= 15 is 0 Å².